The SMILES string of the molecule is CC(C)(C)OC(=O)N1CC[C@H]1C(=O)Nc1nsc(-c2ccccc2)n1. The van der Waals surface area contributed by atoms with Crippen molar-refractivity contribution in [1.82, 2.24) is 14.3 Å². The summed E-state index contributed by atoms with van der Waals surface area (Å²) in [5, 5.41) is 3.41. The van der Waals surface area contributed by atoms with Crippen molar-refractivity contribution in [2.24, 2.45) is 0 Å². The molecule has 132 valence electrons. The van der Waals surface area contributed by atoms with Gasteiger partial charge in [-0.25, -0.2) is 4.79 Å². The van der Waals surface area contributed by atoms with Crippen molar-refractivity contribution in [2.75, 3.05) is 11.9 Å². The van der Waals surface area contributed by atoms with E-state index in [0.29, 0.717) is 13.0 Å². The number of carbonyl (C=O) groups is 2. The highest BCUT2D eigenvalue weighted by molar-refractivity contribution is 7.09. The van der Waals surface area contributed by atoms with Gasteiger partial charge in [0.2, 0.25) is 11.9 Å². The molecule has 1 aliphatic rings. The van der Waals surface area contributed by atoms with Crippen LogP contribution in [0.3, 0.4) is 0 Å². The third kappa shape index (κ3) is 4.14. The van der Waals surface area contributed by atoms with Gasteiger partial charge in [-0.1, -0.05) is 30.3 Å². The zero-order valence-electron chi connectivity index (χ0n) is 14.4. The van der Waals surface area contributed by atoms with Gasteiger partial charge >= 0.3 is 6.09 Å². The highest BCUT2D eigenvalue weighted by Gasteiger charge is 2.40. The Morgan fingerprint density at radius 2 is 2.00 bits per heavy atom. The van der Waals surface area contributed by atoms with E-state index in [2.05, 4.69) is 14.7 Å². The predicted octanol–water partition coefficient (Wildman–Crippen LogP) is 3.15. The zero-order valence-corrected chi connectivity index (χ0v) is 15.2. The van der Waals surface area contributed by atoms with E-state index in [1.165, 1.54) is 16.4 Å². The number of hydrogen-bond acceptors (Lipinski definition) is 6. The van der Waals surface area contributed by atoms with Gasteiger partial charge in [0.15, 0.2) is 0 Å². The number of ether oxygens (including phenoxy) is 1. The maximum atomic E-state index is 12.4. The molecule has 1 aliphatic heterocycles. The molecule has 25 heavy (non-hydrogen) atoms. The van der Waals surface area contributed by atoms with Crippen LogP contribution in [0.5, 0.6) is 0 Å². The van der Waals surface area contributed by atoms with E-state index in [4.69, 9.17) is 4.74 Å². The Kier molecular flexibility index (Phi) is 4.71. The van der Waals surface area contributed by atoms with E-state index < -0.39 is 17.7 Å². The summed E-state index contributed by atoms with van der Waals surface area (Å²) >= 11 is 1.22. The van der Waals surface area contributed by atoms with E-state index in [1.807, 2.05) is 30.3 Å². The molecule has 1 fully saturated rings. The number of nitrogens with zero attached hydrogens (tertiary/aromatic N) is 3. The van der Waals surface area contributed by atoms with Crippen molar-refractivity contribution in [3.05, 3.63) is 30.3 Å². The molecule has 0 saturated carbocycles. The summed E-state index contributed by atoms with van der Waals surface area (Å²) < 4.78 is 9.48. The topological polar surface area (TPSA) is 84.4 Å². The van der Waals surface area contributed by atoms with Crippen LogP contribution in [-0.4, -0.2) is 44.4 Å². The predicted molar refractivity (Wildman–Crippen MR) is 95.3 cm³/mol. The fraction of sp³-hybridized carbons (Fsp3) is 0.412. The second-order valence-corrected chi connectivity index (χ2v) is 7.51. The molecule has 0 unspecified atom stereocenters. The van der Waals surface area contributed by atoms with Crippen LogP contribution in [-0.2, 0) is 9.53 Å². The third-order valence-electron chi connectivity index (χ3n) is 3.63. The molecule has 3 rings (SSSR count). The van der Waals surface area contributed by atoms with Crippen molar-refractivity contribution < 1.29 is 14.3 Å². The number of rotatable bonds is 3. The molecule has 2 heterocycles. The number of aromatic nitrogens is 2. The van der Waals surface area contributed by atoms with E-state index in [1.54, 1.807) is 20.8 Å². The lowest BCUT2D eigenvalue weighted by Gasteiger charge is -2.39. The molecule has 0 bridgehead atoms. The van der Waals surface area contributed by atoms with E-state index in [-0.39, 0.29) is 11.9 Å². The van der Waals surface area contributed by atoms with Crippen LogP contribution in [0.1, 0.15) is 27.2 Å². The minimum Gasteiger partial charge on any atom is -0.444 e. The van der Waals surface area contributed by atoms with Crippen molar-refractivity contribution in [2.45, 2.75) is 38.8 Å². The monoisotopic (exact) mass is 360 g/mol. The van der Waals surface area contributed by atoms with Gasteiger partial charge in [-0.05, 0) is 38.7 Å². The lowest BCUT2D eigenvalue weighted by Crippen LogP contribution is -2.57. The van der Waals surface area contributed by atoms with Gasteiger partial charge in [0.25, 0.3) is 0 Å². The average Bonchev–Trinajstić information content (AvgIpc) is 2.93. The normalized spacial score (nSPS) is 16.9. The van der Waals surface area contributed by atoms with Crippen molar-refractivity contribution in [3.63, 3.8) is 0 Å². The van der Waals surface area contributed by atoms with Gasteiger partial charge in [0, 0.05) is 12.1 Å². The number of hydrogen-bond donors (Lipinski definition) is 1. The van der Waals surface area contributed by atoms with Crippen LogP contribution in [0.15, 0.2) is 30.3 Å². The summed E-state index contributed by atoms with van der Waals surface area (Å²) in [5.74, 6) is -0.0422. The molecule has 1 atom stereocenters. The standard InChI is InChI=1S/C17H20N4O3S/c1-17(2,3)24-16(23)21-10-9-12(21)13(22)18-15-19-14(25-20-15)11-7-5-4-6-8-11/h4-8,12H,9-10H2,1-3H3,(H,18,20,22)/t12-/m0/s1. The highest BCUT2D eigenvalue weighted by atomic mass is 32.1. The average molecular weight is 360 g/mol. The second kappa shape index (κ2) is 6.79. The van der Waals surface area contributed by atoms with Crippen molar-refractivity contribution in [1.29, 1.82) is 0 Å². The Morgan fingerprint density at radius 1 is 1.28 bits per heavy atom. The first-order valence-electron chi connectivity index (χ1n) is 8.03. The van der Waals surface area contributed by atoms with Crippen LogP contribution in [0, 0.1) is 0 Å². The Balaban J connectivity index is 1.61. The number of carbonyl (C=O) groups excluding carboxylic acids is 2. The number of likely N-dealkylation sites (tertiary alicyclic amines) is 1. The first-order chi connectivity index (χ1) is 11.8. The summed E-state index contributed by atoms with van der Waals surface area (Å²) in [6.45, 7) is 5.89. The van der Waals surface area contributed by atoms with E-state index in [0.717, 1.165) is 10.6 Å². The molecule has 7 nitrogen and oxygen atoms in total. The molecule has 1 aromatic carbocycles. The number of amides is 2. The summed E-state index contributed by atoms with van der Waals surface area (Å²) in [6, 6.07) is 9.09. The summed E-state index contributed by atoms with van der Waals surface area (Å²) in [6.07, 6.45) is 0.121. The van der Waals surface area contributed by atoms with Gasteiger partial charge in [0.1, 0.15) is 16.7 Å². The molecule has 1 aromatic heterocycles. The van der Waals surface area contributed by atoms with Crippen LogP contribution in [0.4, 0.5) is 10.7 Å². The lowest BCUT2D eigenvalue weighted by molar-refractivity contribution is -0.125. The molecule has 1 N–H and O–H groups in total. The molecule has 0 radical (unpaired) electrons. The fourth-order valence-electron chi connectivity index (χ4n) is 2.36. The molecule has 2 aromatic rings. The fourth-order valence-corrected chi connectivity index (χ4v) is 2.99. The first-order valence-corrected chi connectivity index (χ1v) is 8.80. The molecule has 0 aliphatic carbocycles. The highest BCUT2D eigenvalue weighted by Crippen LogP contribution is 2.25. The molecular weight excluding hydrogens is 340 g/mol. The zero-order chi connectivity index (χ0) is 18.0. The Labute approximate surface area is 150 Å². The number of benzene rings is 1. The van der Waals surface area contributed by atoms with Gasteiger partial charge in [-0.15, -0.1) is 0 Å². The lowest BCUT2D eigenvalue weighted by atomic mass is 10.0. The maximum absolute atomic E-state index is 12.4. The molecule has 2 amide bonds. The quantitative estimate of drug-likeness (QED) is 0.909. The van der Waals surface area contributed by atoms with E-state index in [9.17, 15) is 9.59 Å². The summed E-state index contributed by atoms with van der Waals surface area (Å²) in [5.41, 5.74) is 0.355. The Hall–Kier alpha value is -2.48. The van der Waals surface area contributed by atoms with E-state index >= 15 is 0 Å². The van der Waals surface area contributed by atoms with Gasteiger partial charge in [-0.2, -0.15) is 9.36 Å². The van der Waals surface area contributed by atoms with Crippen LogP contribution in [0.25, 0.3) is 10.6 Å². The van der Waals surface area contributed by atoms with Gasteiger partial charge in [-0.3, -0.25) is 15.0 Å². The minimum atomic E-state index is -0.589. The molecule has 1 saturated heterocycles. The number of anilines is 1. The Morgan fingerprint density at radius 3 is 2.60 bits per heavy atom. The van der Waals surface area contributed by atoms with Crippen LogP contribution < -0.4 is 5.32 Å². The molecule has 8 heteroatoms. The van der Waals surface area contributed by atoms with Crippen molar-refractivity contribution in [3.8, 4) is 10.6 Å². The first kappa shape index (κ1) is 17.3. The maximum Gasteiger partial charge on any atom is 0.410 e. The third-order valence-corrected chi connectivity index (χ3v) is 4.40. The van der Waals surface area contributed by atoms with Crippen LogP contribution in [0.2, 0.25) is 0 Å². The Bertz CT molecular complexity index is 770. The van der Waals surface area contributed by atoms with Gasteiger partial charge < -0.3 is 4.74 Å². The van der Waals surface area contributed by atoms with Crippen LogP contribution >= 0.6 is 11.5 Å². The van der Waals surface area contributed by atoms with Gasteiger partial charge in [0.05, 0.1) is 0 Å². The second-order valence-electron chi connectivity index (χ2n) is 6.76. The smallest absolute Gasteiger partial charge is 0.410 e. The largest absolute Gasteiger partial charge is 0.444 e. The van der Waals surface area contributed by atoms with Crippen molar-refractivity contribution >= 4 is 29.5 Å². The molecule has 0 spiro atoms. The molecular formula is C17H20N4O3S. The number of nitrogens with one attached hydrogen (secondary N) is 1. The summed E-state index contributed by atoms with van der Waals surface area (Å²) in [7, 11) is 0. The summed E-state index contributed by atoms with van der Waals surface area (Å²) in [4.78, 5) is 30.2. The minimum absolute atomic E-state index is 0.255.